The molecule has 0 bridgehead atoms. The van der Waals surface area contributed by atoms with Gasteiger partial charge in [-0.3, -0.25) is 4.98 Å². The standard InChI is InChI=1S/C25H26N4O3S/c1-16(2)33(30,31)21-11-9-20(10-12-21)23-15-27-17(3)25(28-23)24-13-22(29-32-24)19-7-5-18(6-8-19)14-26-4/h5-13,15-16,26H,14H2,1-4H3. The van der Waals surface area contributed by atoms with Gasteiger partial charge in [-0.15, -0.1) is 0 Å². The van der Waals surface area contributed by atoms with Crippen LogP contribution < -0.4 is 5.32 Å². The van der Waals surface area contributed by atoms with Crippen LogP contribution in [0.4, 0.5) is 0 Å². The molecule has 0 saturated heterocycles. The minimum absolute atomic E-state index is 0.294. The maximum atomic E-state index is 12.4. The van der Waals surface area contributed by atoms with Gasteiger partial charge in [-0.25, -0.2) is 13.4 Å². The van der Waals surface area contributed by atoms with E-state index >= 15 is 0 Å². The van der Waals surface area contributed by atoms with Gasteiger partial charge in [0, 0.05) is 23.7 Å². The summed E-state index contributed by atoms with van der Waals surface area (Å²) in [5, 5.41) is 6.86. The van der Waals surface area contributed by atoms with Crippen LogP contribution in [0.1, 0.15) is 25.1 Å². The first-order valence-corrected chi connectivity index (χ1v) is 12.2. The third-order valence-electron chi connectivity index (χ3n) is 5.43. The van der Waals surface area contributed by atoms with Crippen molar-refractivity contribution >= 4 is 9.84 Å². The van der Waals surface area contributed by atoms with E-state index < -0.39 is 15.1 Å². The number of benzene rings is 2. The average Bonchev–Trinajstić information content (AvgIpc) is 3.30. The first-order valence-electron chi connectivity index (χ1n) is 10.7. The Balaban J connectivity index is 1.63. The Morgan fingerprint density at radius 1 is 0.970 bits per heavy atom. The van der Waals surface area contributed by atoms with Crippen molar-refractivity contribution in [1.29, 1.82) is 0 Å². The maximum absolute atomic E-state index is 12.4. The summed E-state index contributed by atoms with van der Waals surface area (Å²) in [7, 11) is -1.41. The summed E-state index contributed by atoms with van der Waals surface area (Å²) >= 11 is 0. The molecule has 0 saturated carbocycles. The molecule has 4 rings (SSSR count). The smallest absolute Gasteiger partial charge is 0.187 e. The van der Waals surface area contributed by atoms with E-state index in [1.165, 1.54) is 5.56 Å². The van der Waals surface area contributed by atoms with Crippen LogP contribution in [-0.4, -0.2) is 35.8 Å². The predicted octanol–water partition coefficient (Wildman–Crippen LogP) is 4.68. The highest BCUT2D eigenvalue weighted by Gasteiger charge is 2.19. The molecule has 4 aromatic rings. The Labute approximate surface area is 193 Å². The minimum Gasteiger partial charge on any atom is -0.354 e. The van der Waals surface area contributed by atoms with E-state index in [0.29, 0.717) is 27.7 Å². The van der Waals surface area contributed by atoms with Crippen LogP contribution in [0.5, 0.6) is 0 Å². The molecule has 0 aliphatic heterocycles. The number of rotatable bonds is 7. The van der Waals surface area contributed by atoms with Crippen molar-refractivity contribution in [3.05, 3.63) is 72.1 Å². The molecule has 0 spiro atoms. The van der Waals surface area contributed by atoms with Crippen molar-refractivity contribution in [2.24, 2.45) is 0 Å². The molecule has 0 radical (unpaired) electrons. The lowest BCUT2D eigenvalue weighted by molar-refractivity contribution is 0.433. The molecule has 2 aromatic carbocycles. The van der Waals surface area contributed by atoms with Crippen LogP contribution in [0.2, 0.25) is 0 Å². The zero-order chi connectivity index (χ0) is 23.6. The topological polar surface area (TPSA) is 98.0 Å². The normalized spacial score (nSPS) is 11.8. The van der Waals surface area contributed by atoms with Crippen molar-refractivity contribution < 1.29 is 12.9 Å². The van der Waals surface area contributed by atoms with E-state index in [0.717, 1.165) is 23.4 Å². The van der Waals surface area contributed by atoms with Crippen molar-refractivity contribution in [2.75, 3.05) is 7.05 Å². The largest absolute Gasteiger partial charge is 0.354 e. The lowest BCUT2D eigenvalue weighted by Crippen LogP contribution is -2.13. The van der Waals surface area contributed by atoms with Gasteiger partial charge in [0.25, 0.3) is 0 Å². The molecule has 1 N–H and O–H groups in total. The third-order valence-corrected chi connectivity index (χ3v) is 7.60. The summed E-state index contributed by atoms with van der Waals surface area (Å²) in [5.74, 6) is 0.523. The molecule has 2 heterocycles. The van der Waals surface area contributed by atoms with Crippen LogP contribution in [-0.2, 0) is 16.4 Å². The Bertz CT molecular complexity index is 1360. The van der Waals surface area contributed by atoms with Gasteiger partial charge in [0.05, 0.1) is 27.7 Å². The molecule has 0 atom stereocenters. The fraction of sp³-hybridized carbons (Fsp3) is 0.240. The zero-order valence-corrected chi connectivity index (χ0v) is 19.8. The van der Waals surface area contributed by atoms with E-state index in [1.54, 1.807) is 44.3 Å². The molecule has 0 amide bonds. The van der Waals surface area contributed by atoms with Gasteiger partial charge in [-0.05, 0) is 45.5 Å². The summed E-state index contributed by atoms with van der Waals surface area (Å²) in [5.41, 5.74) is 5.56. The number of hydrogen-bond donors (Lipinski definition) is 1. The van der Waals surface area contributed by atoms with E-state index in [1.807, 2.05) is 32.2 Å². The number of nitrogens with one attached hydrogen (secondary N) is 1. The summed E-state index contributed by atoms with van der Waals surface area (Å²) in [4.78, 5) is 9.49. The highest BCUT2D eigenvalue weighted by atomic mass is 32.2. The summed E-state index contributed by atoms with van der Waals surface area (Å²) in [6.07, 6.45) is 1.67. The molecule has 0 aliphatic rings. The van der Waals surface area contributed by atoms with Gasteiger partial charge >= 0.3 is 0 Å². The van der Waals surface area contributed by atoms with Gasteiger partial charge in [0.2, 0.25) is 0 Å². The van der Waals surface area contributed by atoms with E-state index in [9.17, 15) is 8.42 Å². The molecule has 2 aromatic heterocycles. The van der Waals surface area contributed by atoms with Crippen molar-refractivity contribution in [3.8, 4) is 34.0 Å². The van der Waals surface area contributed by atoms with Crippen molar-refractivity contribution in [2.45, 2.75) is 37.5 Å². The first-order chi connectivity index (χ1) is 15.8. The second kappa shape index (κ2) is 9.25. The Kier molecular flexibility index (Phi) is 6.40. The molecular formula is C25H26N4O3S. The van der Waals surface area contributed by atoms with Gasteiger partial charge in [-0.1, -0.05) is 41.6 Å². The highest BCUT2D eigenvalue weighted by Crippen LogP contribution is 2.29. The fourth-order valence-corrected chi connectivity index (χ4v) is 4.49. The molecule has 0 unspecified atom stereocenters. The van der Waals surface area contributed by atoms with Gasteiger partial charge in [-0.2, -0.15) is 0 Å². The number of nitrogens with zero attached hydrogens (tertiary/aromatic N) is 3. The predicted molar refractivity (Wildman–Crippen MR) is 128 cm³/mol. The molecule has 0 fully saturated rings. The summed E-state index contributed by atoms with van der Waals surface area (Å²) in [6.45, 7) is 6.00. The molecular weight excluding hydrogens is 436 g/mol. The lowest BCUT2D eigenvalue weighted by Gasteiger charge is -2.09. The second-order valence-electron chi connectivity index (χ2n) is 8.11. The number of sulfone groups is 1. The second-order valence-corrected chi connectivity index (χ2v) is 10.6. The Morgan fingerprint density at radius 2 is 1.61 bits per heavy atom. The van der Waals surface area contributed by atoms with E-state index in [2.05, 4.69) is 27.6 Å². The zero-order valence-electron chi connectivity index (χ0n) is 19.0. The lowest BCUT2D eigenvalue weighted by atomic mass is 10.1. The third kappa shape index (κ3) is 4.72. The van der Waals surface area contributed by atoms with Gasteiger partial charge in [0.15, 0.2) is 15.6 Å². The molecule has 0 aliphatic carbocycles. The van der Waals surface area contributed by atoms with Crippen LogP contribution >= 0.6 is 0 Å². The van der Waals surface area contributed by atoms with Crippen LogP contribution in [0.3, 0.4) is 0 Å². The highest BCUT2D eigenvalue weighted by molar-refractivity contribution is 7.92. The molecule has 7 nitrogen and oxygen atoms in total. The number of aromatic nitrogens is 3. The van der Waals surface area contributed by atoms with Crippen LogP contribution in [0, 0.1) is 6.92 Å². The number of aryl methyl sites for hydroxylation is 1. The van der Waals surface area contributed by atoms with Crippen LogP contribution in [0.25, 0.3) is 34.0 Å². The SMILES string of the molecule is CNCc1ccc(-c2cc(-c3nc(-c4ccc(S(=O)(=O)C(C)C)cc4)cnc3C)on2)cc1. The van der Waals surface area contributed by atoms with Crippen molar-refractivity contribution in [3.63, 3.8) is 0 Å². The Hall–Kier alpha value is -3.36. The van der Waals surface area contributed by atoms with E-state index in [-0.39, 0.29) is 0 Å². The number of hydrogen-bond acceptors (Lipinski definition) is 7. The molecule has 8 heteroatoms. The average molecular weight is 463 g/mol. The minimum atomic E-state index is -3.33. The van der Waals surface area contributed by atoms with Crippen LogP contribution in [0.15, 0.2) is 70.2 Å². The monoisotopic (exact) mass is 462 g/mol. The summed E-state index contributed by atoms with van der Waals surface area (Å²) in [6, 6.07) is 16.7. The quantitative estimate of drug-likeness (QED) is 0.426. The molecule has 170 valence electrons. The summed E-state index contributed by atoms with van der Waals surface area (Å²) < 4.78 is 30.4. The van der Waals surface area contributed by atoms with Crippen molar-refractivity contribution in [1.82, 2.24) is 20.4 Å². The maximum Gasteiger partial charge on any atom is 0.187 e. The first kappa shape index (κ1) is 22.8. The van der Waals surface area contributed by atoms with E-state index in [4.69, 9.17) is 9.51 Å². The van der Waals surface area contributed by atoms with Gasteiger partial charge < -0.3 is 9.84 Å². The fourth-order valence-electron chi connectivity index (χ4n) is 3.43. The van der Waals surface area contributed by atoms with Gasteiger partial charge in [0.1, 0.15) is 11.4 Å². The molecule has 33 heavy (non-hydrogen) atoms. The Morgan fingerprint density at radius 3 is 2.24 bits per heavy atom.